The van der Waals surface area contributed by atoms with Crippen molar-refractivity contribution < 1.29 is 18.3 Å². The SMILES string of the molecule is O=C1OCC(c2ccc(F)c(Cl)c2)N1c1ccn2ncc(-c3ccc(-c4nc[nH]n4)c(F)c3)c2n1. The quantitative estimate of drug-likeness (QED) is 0.385. The van der Waals surface area contributed by atoms with E-state index in [1.807, 2.05) is 0 Å². The molecule has 1 aliphatic heterocycles. The molecular formula is C23H14ClF2N7O2. The Bertz CT molecular complexity index is 1590. The molecule has 5 aromatic rings. The molecule has 1 saturated heterocycles. The highest BCUT2D eigenvalue weighted by Crippen LogP contribution is 2.35. The average Bonchev–Trinajstić information content (AvgIpc) is 3.60. The maximum absolute atomic E-state index is 14.8. The van der Waals surface area contributed by atoms with Gasteiger partial charge < -0.3 is 4.74 Å². The van der Waals surface area contributed by atoms with Crippen LogP contribution in [0.2, 0.25) is 5.02 Å². The van der Waals surface area contributed by atoms with Gasteiger partial charge in [0, 0.05) is 11.8 Å². The Labute approximate surface area is 201 Å². The lowest BCUT2D eigenvalue weighted by molar-refractivity contribution is 0.179. The predicted molar refractivity (Wildman–Crippen MR) is 122 cm³/mol. The molecule has 6 rings (SSSR count). The van der Waals surface area contributed by atoms with E-state index in [1.165, 1.54) is 33.9 Å². The molecular weight excluding hydrogens is 480 g/mol. The van der Waals surface area contributed by atoms with Crippen LogP contribution in [0.3, 0.4) is 0 Å². The Kier molecular flexibility index (Phi) is 4.92. The summed E-state index contributed by atoms with van der Waals surface area (Å²) in [7, 11) is 0. The first-order chi connectivity index (χ1) is 17.0. The minimum Gasteiger partial charge on any atom is -0.447 e. The number of carbonyl (C=O) groups excluding carboxylic acids is 1. The first-order valence-electron chi connectivity index (χ1n) is 10.4. The Morgan fingerprint density at radius 2 is 1.97 bits per heavy atom. The molecule has 12 heteroatoms. The Morgan fingerprint density at radius 1 is 1.09 bits per heavy atom. The third-order valence-electron chi connectivity index (χ3n) is 5.74. The molecule has 174 valence electrons. The van der Waals surface area contributed by atoms with Crippen molar-refractivity contribution in [1.82, 2.24) is 29.8 Å². The summed E-state index contributed by atoms with van der Waals surface area (Å²) >= 11 is 5.94. The van der Waals surface area contributed by atoms with Gasteiger partial charge in [-0.3, -0.25) is 10.00 Å². The highest BCUT2D eigenvalue weighted by atomic mass is 35.5. The van der Waals surface area contributed by atoms with Crippen molar-refractivity contribution in [2.45, 2.75) is 6.04 Å². The van der Waals surface area contributed by atoms with Crippen LogP contribution in [-0.2, 0) is 4.74 Å². The lowest BCUT2D eigenvalue weighted by Gasteiger charge is -2.21. The van der Waals surface area contributed by atoms with Crippen molar-refractivity contribution in [2.24, 2.45) is 0 Å². The zero-order valence-corrected chi connectivity index (χ0v) is 18.4. The van der Waals surface area contributed by atoms with Gasteiger partial charge in [-0.25, -0.2) is 28.1 Å². The Hall–Kier alpha value is -4.38. The number of amides is 1. The number of carbonyl (C=O) groups is 1. The molecule has 1 atom stereocenters. The minimum absolute atomic E-state index is 0.0493. The van der Waals surface area contributed by atoms with Crippen molar-refractivity contribution in [1.29, 1.82) is 0 Å². The number of anilines is 1. The number of nitrogens with one attached hydrogen (secondary N) is 1. The fourth-order valence-electron chi connectivity index (χ4n) is 4.04. The molecule has 1 fully saturated rings. The summed E-state index contributed by atoms with van der Waals surface area (Å²) in [4.78, 5) is 22.6. The summed E-state index contributed by atoms with van der Waals surface area (Å²) in [5, 5.41) is 10.7. The largest absolute Gasteiger partial charge is 0.447 e. The predicted octanol–water partition coefficient (Wildman–Crippen LogP) is 4.81. The zero-order chi connectivity index (χ0) is 24.1. The van der Waals surface area contributed by atoms with Crippen molar-refractivity contribution >= 4 is 29.2 Å². The molecule has 0 bridgehead atoms. The number of hydrogen-bond donors (Lipinski definition) is 1. The van der Waals surface area contributed by atoms with Gasteiger partial charge in [0.1, 0.15) is 36.4 Å². The summed E-state index contributed by atoms with van der Waals surface area (Å²) in [6.45, 7) is 0.0493. The van der Waals surface area contributed by atoms with Gasteiger partial charge in [-0.05, 0) is 41.5 Å². The third kappa shape index (κ3) is 3.56. The molecule has 9 nitrogen and oxygen atoms in total. The second kappa shape index (κ2) is 8.13. The fourth-order valence-corrected chi connectivity index (χ4v) is 4.23. The number of benzene rings is 2. The third-order valence-corrected chi connectivity index (χ3v) is 6.03. The molecule has 0 saturated carbocycles. The topological polar surface area (TPSA) is 101 Å². The number of aromatic amines is 1. The molecule has 4 heterocycles. The second-order valence-electron chi connectivity index (χ2n) is 7.77. The molecule has 1 unspecified atom stereocenters. The smallest absolute Gasteiger partial charge is 0.416 e. The minimum atomic E-state index is -0.602. The summed E-state index contributed by atoms with van der Waals surface area (Å²) < 4.78 is 35.3. The van der Waals surface area contributed by atoms with Crippen LogP contribution < -0.4 is 4.90 Å². The number of halogens is 3. The molecule has 35 heavy (non-hydrogen) atoms. The first kappa shape index (κ1) is 21.2. The second-order valence-corrected chi connectivity index (χ2v) is 8.17. The number of fused-ring (bicyclic) bond motifs is 1. The van der Waals surface area contributed by atoms with Gasteiger partial charge in [-0.1, -0.05) is 23.7 Å². The standard InChI is InChI=1S/C23H14ClF2N7O2/c24-16-7-13(2-4-17(16)25)19-10-35-23(34)33(19)20-5-6-32-22(30-20)15(9-29-32)12-1-3-14(18(26)8-12)21-27-11-28-31-21/h1-9,11,19H,10H2,(H,27,28,31). The number of H-pyrrole nitrogens is 1. The van der Waals surface area contributed by atoms with Gasteiger partial charge in [-0.15, -0.1) is 0 Å². The van der Waals surface area contributed by atoms with Crippen LogP contribution in [0.15, 0.2) is 61.2 Å². The first-order valence-corrected chi connectivity index (χ1v) is 10.8. The van der Waals surface area contributed by atoms with E-state index in [1.54, 1.807) is 36.7 Å². The van der Waals surface area contributed by atoms with Crippen molar-refractivity contribution in [3.8, 4) is 22.5 Å². The van der Waals surface area contributed by atoms with Crippen molar-refractivity contribution in [2.75, 3.05) is 11.5 Å². The molecule has 0 radical (unpaired) electrons. The number of ether oxygens (including phenoxy) is 1. The molecule has 1 aliphatic rings. The lowest BCUT2D eigenvalue weighted by Crippen LogP contribution is -2.28. The van der Waals surface area contributed by atoms with Gasteiger partial charge in [0.05, 0.1) is 16.8 Å². The number of nitrogens with zero attached hydrogens (tertiary/aromatic N) is 6. The van der Waals surface area contributed by atoms with E-state index in [0.29, 0.717) is 28.2 Å². The van der Waals surface area contributed by atoms with Crippen LogP contribution in [0, 0.1) is 11.6 Å². The highest BCUT2D eigenvalue weighted by molar-refractivity contribution is 6.30. The van der Waals surface area contributed by atoms with E-state index >= 15 is 0 Å². The molecule has 2 aromatic carbocycles. The number of cyclic esters (lactones) is 1. The number of rotatable bonds is 4. The zero-order valence-electron chi connectivity index (χ0n) is 17.7. The molecule has 0 spiro atoms. The average molecular weight is 494 g/mol. The van der Waals surface area contributed by atoms with Gasteiger partial charge in [0.2, 0.25) is 0 Å². The van der Waals surface area contributed by atoms with E-state index in [2.05, 4.69) is 25.3 Å². The van der Waals surface area contributed by atoms with Crippen LogP contribution >= 0.6 is 11.6 Å². The highest BCUT2D eigenvalue weighted by Gasteiger charge is 2.37. The normalized spacial score (nSPS) is 15.7. The Balaban J connectivity index is 1.40. The van der Waals surface area contributed by atoms with Crippen molar-refractivity contribution in [3.63, 3.8) is 0 Å². The van der Waals surface area contributed by atoms with E-state index < -0.39 is 23.8 Å². The maximum atomic E-state index is 14.8. The van der Waals surface area contributed by atoms with Gasteiger partial charge in [-0.2, -0.15) is 10.2 Å². The molecule has 0 aliphatic carbocycles. The molecule has 3 aromatic heterocycles. The summed E-state index contributed by atoms with van der Waals surface area (Å²) in [5.74, 6) is -0.523. The van der Waals surface area contributed by atoms with E-state index in [0.717, 1.165) is 0 Å². The van der Waals surface area contributed by atoms with E-state index in [9.17, 15) is 13.6 Å². The fraction of sp³-hybridized carbons (Fsp3) is 0.0870. The van der Waals surface area contributed by atoms with Crippen LogP contribution in [0.4, 0.5) is 19.4 Å². The van der Waals surface area contributed by atoms with Gasteiger partial charge in [0.15, 0.2) is 11.5 Å². The maximum Gasteiger partial charge on any atom is 0.416 e. The molecule has 1 N–H and O–H groups in total. The number of hydrogen-bond acceptors (Lipinski definition) is 6. The van der Waals surface area contributed by atoms with Crippen LogP contribution in [0.25, 0.3) is 28.2 Å². The van der Waals surface area contributed by atoms with Crippen LogP contribution in [-0.4, -0.2) is 42.5 Å². The Morgan fingerprint density at radius 3 is 2.74 bits per heavy atom. The summed E-state index contributed by atoms with van der Waals surface area (Å²) in [6, 6.07) is 9.94. The number of aromatic nitrogens is 6. The summed E-state index contributed by atoms with van der Waals surface area (Å²) in [6.07, 6.45) is 3.97. The monoisotopic (exact) mass is 493 g/mol. The van der Waals surface area contributed by atoms with Crippen LogP contribution in [0.5, 0.6) is 0 Å². The molecule has 1 amide bonds. The van der Waals surface area contributed by atoms with Crippen molar-refractivity contribution in [3.05, 3.63) is 83.4 Å². The van der Waals surface area contributed by atoms with Gasteiger partial charge in [0.25, 0.3) is 0 Å². The van der Waals surface area contributed by atoms with E-state index in [-0.39, 0.29) is 23.0 Å². The summed E-state index contributed by atoms with van der Waals surface area (Å²) in [5.41, 5.74) is 2.35. The lowest BCUT2D eigenvalue weighted by atomic mass is 10.1. The van der Waals surface area contributed by atoms with Crippen LogP contribution in [0.1, 0.15) is 11.6 Å². The van der Waals surface area contributed by atoms with Gasteiger partial charge >= 0.3 is 6.09 Å². The van der Waals surface area contributed by atoms with E-state index in [4.69, 9.17) is 16.3 Å².